The molecule has 0 saturated heterocycles. The summed E-state index contributed by atoms with van der Waals surface area (Å²) in [5, 5.41) is 3.33. The maximum Gasteiger partial charge on any atom is 0.349 e. The van der Waals surface area contributed by atoms with Gasteiger partial charge in [-0.15, -0.1) is 0 Å². The number of amides is 1. The molecule has 2 aromatic carbocycles. The number of carbonyl (C=O) groups is 1. The van der Waals surface area contributed by atoms with Crippen LogP contribution in [0.25, 0.3) is 11.0 Å². The number of hydrogen-bond donors (Lipinski definition) is 1. The van der Waals surface area contributed by atoms with E-state index in [1.165, 1.54) is 13.2 Å². The van der Waals surface area contributed by atoms with Crippen molar-refractivity contribution in [2.75, 3.05) is 27.9 Å². The second-order valence-corrected chi connectivity index (χ2v) is 7.08. The summed E-state index contributed by atoms with van der Waals surface area (Å²) in [6, 6.07) is 10.5. The molecule has 8 heteroatoms. The van der Waals surface area contributed by atoms with Crippen molar-refractivity contribution in [3.05, 3.63) is 62.4 Å². The molecule has 0 unspecified atom stereocenters. The normalized spacial score (nSPS) is 10.6. The highest BCUT2D eigenvalue weighted by Gasteiger charge is 2.16. The monoisotopic (exact) mass is 461 g/mol. The quantitative estimate of drug-likeness (QED) is 0.541. The summed E-state index contributed by atoms with van der Waals surface area (Å²) < 4.78 is 21.8. The Balaban J connectivity index is 1.75. The molecule has 3 rings (SSSR count). The van der Waals surface area contributed by atoms with E-state index in [2.05, 4.69) is 21.2 Å². The lowest BCUT2D eigenvalue weighted by atomic mass is 10.1. The third-order valence-corrected chi connectivity index (χ3v) is 4.83. The minimum absolute atomic E-state index is 0.0648. The fourth-order valence-electron chi connectivity index (χ4n) is 2.93. The van der Waals surface area contributed by atoms with E-state index >= 15 is 0 Å². The van der Waals surface area contributed by atoms with Crippen LogP contribution < -0.4 is 25.2 Å². The third-order valence-electron chi connectivity index (χ3n) is 4.37. The molecule has 1 amide bonds. The van der Waals surface area contributed by atoms with Crippen LogP contribution in [0.5, 0.6) is 17.2 Å². The zero-order valence-corrected chi connectivity index (χ0v) is 17.8. The van der Waals surface area contributed by atoms with Crippen molar-refractivity contribution in [1.29, 1.82) is 0 Å². The van der Waals surface area contributed by atoms with Gasteiger partial charge in [-0.2, -0.15) is 0 Å². The molecule has 0 radical (unpaired) electrons. The lowest BCUT2D eigenvalue weighted by Gasteiger charge is -2.10. The molecular weight excluding hydrogens is 442 g/mol. The standard InChI is InChI=1S/C21H20BrNO6/c1-26-16-5-4-12(8-17(16)27-2)6-7-23-20(24)15-10-13-9-14(22)11-18(28-3)19(13)29-21(15)25/h4-5,8-11H,6-7H2,1-3H3,(H,23,24). The van der Waals surface area contributed by atoms with E-state index in [0.717, 1.165) is 10.0 Å². The molecule has 0 saturated carbocycles. The highest BCUT2D eigenvalue weighted by atomic mass is 79.9. The number of rotatable bonds is 7. The van der Waals surface area contributed by atoms with E-state index in [0.29, 0.717) is 41.2 Å². The predicted molar refractivity (Wildman–Crippen MR) is 112 cm³/mol. The fourth-order valence-corrected chi connectivity index (χ4v) is 3.38. The van der Waals surface area contributed by atoms with Crippen molar-refractivity contribution in [2.24, 2.45) is 0 Å². The molecule has 1 aromatic heterocycles. The number of methoxy groups -OCH3 is 3. The molecule has 7 nitrogen and oxygen atoms in total. The third kappa shape index (κ3) is 4.54. The largest absolute Gasteiger partial charge is 0.493 e. The van der Waals surface area contributed by atoms with Crippen LogP contribution in [0.3, 0.4) is 0 Å². The van der Waals surface area contributed by atoms with Crippen LogP contribution in [0.1, 0.15) is 15.9 Å². The first-order valence-electron chi connectivity index (χ1n) is 8.77. The molecule has 0 atom stereocenters. The molecule has 152 valence electrons. The molecule has 0 spiro atoms. The number of hydrogen-bond acceptors (Lipinski definition) is 6. The van der Waals surface area contributed by atoms with Crippen LogP contribution in [0.4, 0.5) is 0 Å². The van der Waals surface area contributed by atoms with Gasteiger partial charge in [0.25, 0.3) is 5.91 Å². The predicted octanol–water partition coefficient (Wildman–Crippen LogP) is 3.55. The van der Waals surface area contributed by atoms with Gasteiger partial charge in [-0.3, -0.25) is 4.79 Å². The van der Waals surface area contributed by atoms with Crippen molar-refractivity contribution in [3.8, 4) is 17.2 Å². The average molecular weight is 462 g/mol. The lowest BCUT2D eigenvalue weighted by Crippen LogP contribution is -2.29. The van der Waals surface area contributed by atoms with Crippen molar-refractivity contribution >= 4 is 32.8 Å². The topological polar surface area (TPSA) is 87.0 Å². The molecule has 0 aliphatic carbocycles. The fraction of sp³-hybridized carbons (Fsp3) is 0.238. The maximum atomic E-state index is 12.5. The summed E-state index contributed by atoms with van der Waals surface area (Å²) in [7, 11) is 4.62. The van der Waals surface area contributed by atoms with Crippen molar-refractivity contribution in [1.82, 2.24) is 5.32 Å². The molecule has 1 N–H and O–H groups in total. The highest BCUT2D eigenvalue weighted by Crippen LogP contribution is 2.30. The van der Waals surface area contributed by atoms with E-state index in [1.807, 2.05) is 12.1 Å². The van der Waals surface area contributed by atoms with E-state index in [1.54, 1.807) is 32.4 Å². The number of benzene rings is 2. The van der Waals surface area contributed by atoms with Crippen molar-refractivity contribution in [2.45, 2.75) is 6.42 Å². The summed E-state index contributed by atoms with van der Waals surface area (Å²) in [4.78, 5) is 24.8. The van der Waals surface area contributed by atoms with Gasteiger partial charge in [-0.1, -0.05) is 22.0 Å². The van der Waals surface area contributed by atoms with Crippen LogP contribution in [-0.4, -0.2) is 33.8 Å². The van der Waals surface area contributed by atoms with Crippen LogP contribution in [0.15, 0.2) is 50.1 Å². The molecule has 0 aliphatic rings. The first-order chi connectivity index (χ1) is 14.0. The van der Waals surface area contributed by atoms with Gasteiger partial charge in [0.15, 0.2) is 22.8 Å². The van der Waals surface area contributed by atoms with Crippen molar-refractivity contribution in [3.63, 3.8) is 0 Å². The average Bonchev–Trinajstić information content (AvgIpc) is 2.72. The summed E-state index contributed by atoms with van der Waals surface area (Å²) in [6.07, 6.45) is 0.560. The zero-order chi connectivity index (χ0) is 21.0. The molecular formula is C21H20BrNO6. The first kappa shape index (κ1) is 20.7. The highest BCUT2D eigenvalue weighted by molar-refractivity contribution is 9.10. The lowest BCUT2D eigenvalue weighted by molar-refractivity contribution is 0.0950. The maximum absolute atomic E-state index is 12.5. The van der Waals surface area contributed by atoms with E-state index in [9.17, 15) is 9.59 Å². The van der Waals surface area contributed by atoms with Gasteiger partial charge in [0.1, 0.15) is 5.56 Å². The summed E-state index contributed by atoms with van der Waals surface area (Å²) in [6.45, 7) is 0.341. The van der Waals surface area contributed by atoms with Gasteiger partial charge >= 0.3 is 5.63 Å². The molecule has 1 heterocycles. The molecule has 0 aliphatic heterocycles. The van der Waals surface area contributed by atoms with E-state index in [4.69, 9.17) is 18.6 Å². The van der Waals surface area contributed by atoms with Crippen LogP contribution in [0.2, 0.25) is 0 Å². The second kappa shape index (κ2) is 9.00. The van der Waals surface area contributed by atoms with Crippen LogP contribution >= 0.6 is 15.9 Å². The molecule has 3 aromatic rings. The summed E-state index contributed by atoms with van der Waals surface area (Å²) >= 11 is 3.37. The Morgan fingerprint density at radius 2 is 1.72 bits per heavy atom. The minimum Gasteiger partial charge on any atom is -0.493 e. The van der Waals surface area contributed by atoms with E-state index < -0.39 is 11.5 Å². The summed E-state index contributed by atoms with van der Waals surface area (Å²) in [5.41, 5.74) is 0.469. The SMILES string of the molecule is COc1ccc(CCNC(=O)c2cc3cc(Br)cc(OC)c3oc2=O)cc1OC. The Bertz CT molecular complexity index is 1110. The Hall–Kier alpha value is -3.00. The van der Waals surface area contributed by atoms with Gasteiger partial charge in [0, 0.05) is 16.4 Å². The summed E-state index contributed by atoms with van der Waals surface area (Å²) in [5.74, 6) is 1.16. The first-order valence-corrected chi connectivity index (χ1v) is 9.56. The smallest absolute Gasteiger partial charge is 0.349 e. The van der Waals surface area contributed by atoms with Crippen LogP contribution in [0, 0.1) is 0 Å². The number of carbonyl (C=O) groups excluding carboxylic acids is 1. The zero-order valence-electron chi connectivity index (χ0n) is 16.2. The van der Waals surface area contributed by atoms with Gasteiger partial charge in [-0.25, -0.2) is 4.79 Å². The molecule has 0 bridgehead atoms. The molecule has 0 fully saturated rings. The number of halogens is 1. The van der Waals surface area contributed by atoms with E-state index in [-0.39, 0.29) is 5.56 Å². The molecule has 29 heavy (non-hydrogen) atoms. The van der Waals surface area contributed by atoms with Gasteiger partial charge in [-0.05, 0) is 42.3 Å². The number of nitrogens with one attached hydrogen (secondary N) is 1. The Morgan fingerprint density at radius 3 is 2.41 bits per heavy atom. The Kier molecular flexibility index (Phi) is 6.43. The Morgan fingerprint density at radius 1 is 1.00 bits per heavy atom. The number of fused-ring (bicyclic) bond motifs is 1. The van der Waals surface area contributed by atoms with Gasteiger partial charge in [0.2, 0.25) is 0 Å². The van der Waals surface area contributed by atoms with Crippen molar-refractivity contribution < 1.29 is 23.4 Å². The second-order valence-electron chi connectivity index (χ2n) is 6.17. The number of ether oxygens (including phenoxy) is 3. The minimum atomic E-state index is -0.721. The Labute approximate surface area is 175 Å². The van der Waals surface area contributed by atoms with Gasteiger partial charge < -0.3 is 23.9 Å². The van der Waals surface area contributed by atoms with Gasteiger partial charge in [0.05, 0.1) is 21.3 Å². The van der Waals surface area contributed by atoms with Crippen LogP contribution in [-0.2, 0) is 6.42 Å².